The number of benzene rings is 1. The van der Waals surface area contributed by atoms with E-state index in [1.807, 2.05) is 22.6 Å². The Bertz CT molecular complexity index is 677. The highest BCUT2D eigenvalue weighted by atomic mass is 127. The van der Waals surface area contributed by atoms with Crippen molar-refractivity contribution in [3.8, 4) is 5.75 Å². The van der Waals surface area contributed by atoms with Gasteiger partial charge in [0.25, 0.3) is 6.10 Å². The van der Waals surface area contributed by atoms with Crippen molar-refractivity contribution in [1.29, 1.82) is 0 Å². The minimum absolute atomic E-state index is 0.0720. The maximum absolute atomic E-state index is 13.4. The van der Waals surface area contributed by atoms with Crippen molar-refractivity contribution in [2.24, 2.45) is 0 Å². The van der Waals surface area contributed by atoms with Gasteiger partial charge in [0.2, 0.25) is 0 Å². The van der Waals surface area contributed by atoms with E-state index in [0.717, 1.165) is 6.07 Å². The highest BCUT2D eigenvalue weighted by Gasteiger charge is 2.65. The lowest BCUT2D eigenvalue weighted by molar-refractivity contribution is -0.239. The molecule has 0 aromatic heterocycles. The summed E-state index contributed by atoms with van der Waals surface area (Å²) >= 11 is 5.17. The van der Waals surface area contributed by atoms with E-state index in [2.05, 4.69) is 4.74 Å². The van der Waals surface area contributed by atoms with Crippen LogP contribution in [0.25, 0.3) is 0 Å². The van der Waals surface area contributed by atoms with Gasteiger partial charge >= 0.3 is 21.5 Å². The van der Waals surface area contributed by atoms with Gasteiger partial charge in [0.05, 0.1) is 3.57 Å². The van der Waals surface area contributed by atoms with Crippen molar-refractivity contribution >= 4 is 77.9 Å². The largest absolute Gasteiger partial charge is 0.472 e. The van der Waals surface area contributed by atoms with Crippen molar-refractivity contribution in [3.05, 3.63) is 22.8 Å². The molecule has 0 bridgehead atoms. The molecule has 1 N–H and O–H groups in total. The number of alkyl halides is 5. The minimum Gasteiger partial charge on any atom is -0.472 e. The van der Waals surface area contributed by atoms with Crippen LogP contribution in [0.4, 0.5) is 22.0 Å². The van der Waals surface area contributed by atoms with E-state index < -0.39 is 33.4 Å². The second-order valence-corrected chi connectivity index (χ2v) is 8.75. The van der Waals surface area contributed by atoms with E-state index in [1.54, 1.807) is 45.2 Å². The molecule has 0 heterocycles. The molecule has 1 rings (SSSR count). The van der Waals surface area contributed by atoms with Crippen LogP contribution < -0.4 is 4.74 Å². The zero-order valence-corrected chi connectivity index (χ0v) is 17.1. The fraction of sp³-hybridized carbons (Fsp3) is 0.333. The van der Waals surface area contributed by atoms with Crippen LogP contribution in [0.2, 0.25) is 0 Å². The number of rotatable bonds is 4. The molecule has 0 saturated carbocycles. The molecule has 1 aromatic carbocycles. The van der Waals surface area contributed by atoms with Gasteiger partial charge in [-0.1, -0.05) is 0 Å². The molecule has 1 unspecified atom stereocenters. The van der Waals surface area contributed by atoms with Crippen molar-refractivity contribution in [3.63, 3.8) is 0 Å². The van der Waals surface area contributed by atoms with Gasteiger partial charge < -0.3 is 4.74 Å². The Morgan fingerprint density at radius 2 is 1.45 bits per heavy atom. The summed E-state index contributed by atoms with van der Waals surface area (Å²) in [7, 11) is -6.32. The molecular weight excluding hydrogens is 680 g/mol. The van der Waals surface area contributed by atoms with E-state index >= 15 is 0 Å². The summed E-state index contributed by atoms with van der Waals surface area (Å²) in [5.41, 5.74) is 0. The van der Waals surface area contributed by atoms with E-state index in [-0.39, 0.29) is 3.57 Å². The van der Waals surface area contributed by atoms with Crippen LogP contribution in [-0.4, -0.2) is 30.5 Å². The number of ether oxygens (including phenoxy) is 1. The summed E-state index contributed by atoms with van der Waals surface area (Å²) in [6, 6.07) is 2.43. The monoisotopic (exact) mass is 684 g/mol. The Kier molecular flexibility index (Phi) is 6.57. The van der Waals surface area contributed by atoms with Gasteiger partial charge in [0, 0.05) is 7.14 Å². The molecular formula is C9H4F5I3O4S. The van der Waals surface area contributed by atoms with Crippen molar-refractivity contribution in [2.75, 3.05) is 0 Å². The fourth-order valence-corrected chi connectivity index (χ4v) is 3.73. The van der Waals surface area contributed by atoms with Crippen LogP contribution in [0.5, 0.6) is 5.75 Å². The molecule has 0 fully saturated rings. The average molecular weight is 684 g/mol. The van der Waals surface area contributed by atoms with E-state index in [4.69, 9.17) is 4.55 Å². The zero-order chi connectivity index (χ0) is 17.5. The molecule has 0 radical (unpaired) electrons. The Morgan fingerprint density at radius 3 is 1.86 bits per heavy atom. The van der Waals surface area contributed by atoms with Gasteiger partial charge in [-0.15, -0.1) is 0 Å². The van der Waals surface area contributed by atoms with Crippen molar-refractivity contribution < 1.29 is 39.7 Å². The van der Waals surface area contributed by atoms with Crippen LogP contribution in [0.15, 0.2) is 12.1 Å². The van der Waals surface area contributed by atoms with Gasteiger partial charge in [-0.3, -0.25) is 4.55 Å². The molecule has 22 heavy (non-hydrogen) atoms. The Morgan fingerprint density at radius 1 is 1.00 bits per heavy atom. The first-order valence-corrected chi connectivity index (χ1v) is 9.58. The van der Waals surface area contributed by atoms with Crippen LogP contribution in [-0.2, 0) is 10.1 Å². The standard InChI is InChI=1S/C9H4F5I3O4S/c10-8(11,12)7(9(13,14)22(18,19)20)21-6-2-4(16)3(15)1-5(6)17/h1-2,7H,(H,18,19,20). The molecule has 0 aliphatic rings. The van der Waals surface area contributed by atoms with Gasteiger partial charge in [0.1, 0.15) is 5.75 Å². The van der Waals surface area contributed by atoms with Crippen molar-refractivity contribution in [1.82, 2.24) is 0 Å². The summed E-state index contributed by atoms with van der Waals surface area (Å²) in [6.07, 6.45) is -9.77. The van der Waals surface area contributed by atoms with Crippen LogP contribution in [0.1, 0.15) is 0 Å². The summed E-state index contributed by atoms with van der Waals surface area (Å²) in [5, 5.41) is -5.55. The first-order valence-electron chi connectivity index (χ1n) is 4.90. The third-order valence-electron chi connectivity index (χ3n) is 2.17. The molecule has 1 atom stereocenters. The molecule has 0 aliphatic carbocycles. The quantitative estimate of drug-likeness (QED) is 0.223. The van der Waals surface area contributed by atoms with Gasteiger partial charge in [-0.25, -0.2) is 0 Å². The molecule has 0 saturated heterocycles. The first kappa shape index (κ1) is 20.8. The molecule has 0 amide bonds. The topological polar surface area (TPSA) is 63.6 Å². The summed E-state index contributed by atoms with van der Waals surface area (Å²) in [4.78, 5) is 0. The Labute approximate surface area is 162 Å². The second-order valence-electron chi connectivity index (χ2n) is 3.77. The lowest BCUT2D eigenvalue weighted by Gasteiger charge is -2.27. The Balaban J connectivity index is 3.37. The van der Waals surface area contributed by atoms with Crippen LogP contribution in [0, 0.1) is 10.7 Å². The average Bonchev–Trinajstić information content (AvgIpc) is 2.28. The second kappa shape index (κ2) is 6.95. The first-order chi connectivity index (χ1) is 9.68. The number of hydrogen-bond acceptors (Lipinski definition) is 3. The molecule has 1 aromatic rings. The summed E-state index contributed by atoms with van der Waals surface area (Å²) in [6.45, 7) is 0. The molecule has 0 spiro atoms. The van der Waals surface area contributed by atoms with Crippen molar-refractivity contribution in [2.45, 2.75) is 17.5 Å². The molecule has 4 nitrogen and oxygen atoms in total. The molecule has 13 heteroatoms. The predicted molar refractivity (Wildman–Crippen MR) is 91.6 cm³/mol. The Hall–Kier alpha value is 0.770. The third-order valence-corrected chi connectivity index (χ3v) is 6.73. The fourth-order valence-electron chi connectivity index (χ4n) is 1.18. The SMILES string of the molecule is O=S(=O)(O)C(F)(F)C(Oc1cc(I)c(I)cc1I)C(F)(F)F. The predicted octanol–water partition coefficient (Wildman–Crippen LogP) is 4.29. The smallest absolute Gasteiger partial charge is 0.432 e. The number of halogens is 8. The lowest BCUT2D eigenvalue weighted by atomic mass is 10.3. The summed E-state index contributed by atoms with van der Waals surface area (Å²) in [5.74, 6) is -0.573. The minimum atomic E-state index is -6.32. The van der Waals surface area contributed by atoms with Gasteiger partial charge in [0.15, 0.2) is 0 Å². The van der Waals surface area contributed by atoms with Gasteiger partial charge in [-0.05, 0) is 79.9 Å². The van der Waals surface area contributed by atoms with E-state index in [0.29, 0.717) is 7.14 Å². The lowest BCUT2D eigenvalue weighted by Crippen LogP contribution is -2.53. The van der Waals surface area contributed by atoms with Gasteiger partial charge in [-0.2, -0.15) is 30.4 Å². The zero-order valence-electron chi connectivity index (χ0n) is 9.84. The normalized spacial score (nSPS) is 14.8. The molecule has 126 valence electrons. The van der Waals surface area contributed by atoms with Crippen LogP contribution >= 0.6 is 67.8 Å². The third kappa shape index (κ3) is 4.65. The highest BCUT2D eigenvalue weighted by Crippen LogP contribution is 2.40. The number of hydrogen-bond donors (Lipinski definition) is 1. The molecule has 0 aliphatic heterocycles. The highest BCUT2D eigenvalue weighted by molar-refractivity contribution is 14.1. The van der Waals surface area contributed by atoms with Crippen LogP contribution in [0.3, 0.4) is 0 Å². The maximum Gasteiger partial charge on any atom is 0.432 e. The van der Waals surface area contributed by atoms with E-state index in [9.17, 15) is 30.4 Å². The van der Waals surface area contributed by atoms with E-state index in [1.165, 1.54) is 6.07 Å². The summed E-state index contributed by atoms with van der Waals surface area (Å²) < 4.78 is 99.9. The maximum atomic E-state index is 13.4.